The molecule has 6 heteroatoms. The predicted molar refractivity (Wildman–Crippen MR) is 86.7 cm³/mol. The van der Waals surface area contributed by atoms with Crippen molar-refractivity contribution in [2.24, 2.45) is 5.92 Å². The summed E-state index contributed by atoms with van der Waals surface area (Å²) in [6.07, 6.45) is 1.96. The van der Waals surface area contributed by atoms with Gasteiger partial charge in [-0.3, -0.25) is 9.59 Å². The number of Topliss-reactive ketones (excluding diaryl/α,β-unsaturated/α-hetero) is 1. The van der Waals surface area contributed by atoms with Crippen LogP contribution in [0, 0.1) is 17.2 Å². The summed E-state index contributed by atoms with van der Waals surface area (Å²) in [6.45, 7) is 0. The fourth-order valence-corrected chi connectivity index (χ4v) is 2.25. The van der Waals surface area contributed by atoms with E-state index in [1.807, 2.05) is 12.1 Å². The van der Waals surface area contributed by atoms with Crippen LogP contribution in [0.25, 0.3) is 0 Å². The van der Waals surface area contributed by atoms with Gasteiger partial charge in [-0.1, -0.05) is 35.9 Å². The van der Waals surface area contributed by atoms with E-state index in [-0.39, 0.29) is 6.42 Å². The van der Waals surface area contributed by atoms with Crippen LogP contribution in [0.1, 0.15) is 12.0 Å². The van der Waals surface area contributed by atoms with Crippen molar-refractivity contribution in [3.05, 3.63) is 59.2 Å². The molecule has 116 valence electrons. The van der Waals surface area contributed by atoms with Gasteiger partial charge in [-0.2, -0.15) is 5.26 Å². The van der Waals surface area contributed by atoms with Crippen LogP contribution in [0.3, 0.4) is 0 Å². The van der Waals surface area contributed by atoms with Gasteiger partial charge in [0.25, 0.3) is 5.91 Å². The molecule has 0 fully saturated rings. The molecule has 0 bridgehead atoms. The number of carbonyl (C=O) groups excluding carboxylic acids is 2. The first-order valence-corrected chi connectivity index (χ1v) is 7.37. The highest BCUT2D eigenvalue weighted by Gasteiger charge is 2.26. The van der Waals surface area contributed by atoms with Gasteiger partial charge in [0, 0.05) is 17.6 Å². The zero-order chi connectivity index (χ0) is 16.7. The van der Waals surface area contributed by atoms with Gasteiger partial charge < -0.3 is 5.32 Å². The number of hydrogen-bond acceptors (Lipinski definition) is 4. The Morgan fingerprint density at radius 1 is 1.22 bits per heavy atom. The topological polar surface area (TPSA) is 82.8 Å². The first-order chi connectivity index (χ1) is 11.1. The lowest BCUT2D eigenvalue weighted by molar-refractivity contribution is -0.128. The largest absolute Gasteiger partial charge is 0.309 e. The number of nitriles is 1. The summed E-state index contributed by atoms with van der Waals surface area (Å²) in [5.41, 5.74) is 0.810. The van der Waals surface area contributed by atoms with Crippen molar-refractivity contribution in [2.45, 2.75) is 12.8 Å². The van der Waals surface area contributed by atoms with E-state index in [1.165, 1.54) is 6.20 Å². The van der Waals surface area contributed by atoms with E-state index in [0.717, 1.165) is 5.56 Å². The number of halogens is 1. The number of aromatic nitrogens is 1. The molecule has 2 aromatic rings. The molecule has 1 unspecified atom stereocenters. The molecule has 0 aliphatic heterocycles. The van der Waals surface area contributed by atoms with Crippen LogP contribution in [0.4, 0.5) is 5.82 Å². The molecular weight excluding hydrogens is 314 g/mol. The van der Waals surface area contributed by atoms with Crippen molar-refractivity contribution in [3.8, 4) is 6.07 Å². The quantitative estimate of drug-likeness (QED) is 0.827. The maximum Gasteiger partial charge on any atom is 0.250 e. The summed E-state index contributed by atoms with van der Waals surface area (Å²) < 4.78 is 0. The summed E-state index contributed by atoms with van der Waals surface area (Å²) in [5.74, 6) is -2.17. The maximum atomic E-state index is 12.1. The van der Waals surface area contributed by atoms with Crippen molar-refractivity contribution in [3.63, 3.8) is 0 Å². The number of carbonyl (C=O) groups is 2. The molecule has 0 aliphatic rings. The van der Waals surface area contributed by atoms with Gasteiger partial charge >= 0.3 is 0 Å². The second-order valence-electron chi connectivity index (χ2n) is 4.82. The van der Waals surface area contributed by atoms with Crippen molar-refractivity contribution in [2.75, 3.05) is 5.32 Å². The zero-order valence-corrected chi connectivity index (χ0v) is 13.0. The zero-order valence-electron chi connectivity index (χ0n) is 12.2. The molecule has 0 saturated heterocycles. The Balaban J connectivity index is 1.97. The molecule has 1 aromatic carbocycles. The minimum atomic E-state index is -1.36. The Labute approximate surface area is 138 Å². The summed E-state index contributed by atoms with van der Waals surface area (Å²) in [5, 5.41) is 12.1. The van der Waals surface area contributed by atoms with Gasteiger partial charge in [-0.15, -0.1) is 0 Å². The number of amides is 1. The summed E-state index contributed by atoms with van der Waals surface area (Å²) in [6, 6.07) is 13.9. The third kappa shape index (κ3) is 4.63. The van der Waals surface area contributed by atoms with E-state index in [1.54, 1.807) is 36.4 Å². The van der Waals surface area contributed by atoms with Crippen LogP contribution in [0.15, 0.2) is 48.7 Å². The molecule has 0 spiro atoms. The summed E-state index contributed by atoms with van der Waals surface area (Å²) in [7, 11) is 0. The second-order valence-corrected chi connectivity index (χ2v) is 5.23. The molecule has 1 aromatic heterocycles. The van der Waals surface area contributed by atoms with Gasteiger partial charge in [0.2, 0.25) is 0 Å². The SMILES string of the molecule is N#CC(C(=O)CCc1ccccc1Cl)C(=O)Nc1ccccn1. The molecule has 0 radical (unpaired) electrons. The molecular formula is C17H14ClN3O2. The molecule has 23 heavy (non-hydrogen) atoms. The molecule has 0 saturated carbocycles. The van der Waals surface area contributed by atoms with E-state index in [4.69, 9.17) is 16.9 Å². The third-order valence-corrected chi connectivity index (χ3v) is 3.60. The normalized spacial score (nSPS) is 11.3. The highest BCUT2D eigenvalue weighted by molar-refractivity contribution is 6.31. The number of nitrogens with one attached hydrogen (secondary N) is 1. The number of pyridine rings is 1. The molecule has 1 heterocycles. The number of aryl methyl sites for hydroxylation is 1. The molecule has 5 nitrogen and oxygen atoms in total. The van der Waals surface area contributed by atoms with Crippen LogP contribution in [0.2, 0.25) is 5.02 Å². The lowest BCUT2D eigenvalue weighted by atomic mass is 9.98. The van der Waals surface area contributed by atoms with Crippen LogP contribution in [-0.2, 0) is 16.0 Å². The van der Waals surface area contributed by atoms with Gasteiger partial charge in [-0.25, -0.2) is 4.98 Å². The van der Waals surface area contributed by atoms with Crippen LogP contribution in [0.5, 0.6) is 0 Å². The first-order valence-electron chi connectivity index (χ1n) is 6.99. The number of nitrogens with zero attached hydrogens (tertiary/aromatic N) is 2. The number of anilines is 1. The Hall–Kier alpha value is -2.71. The molecule has 1 amide bonds. The fourth-order valence-electron chi connectivity index (χ4n) is 2.02. The molecule has 2 rings (SSSR count). The third-order valence-electron chi connectivity index (χ3n) is 3.23. The fraction of sp³-hybridized carbons (Fsp3) is 0.176. The average Bonchev–Trinajstić information content (AvgIpc) is 2.55. The Morgan fingerprint density at radius 3 is 2.61 bits per heavy atom. The van der Waals surface area contributed by atoms with Crippen LogP contribution >= 0.6 is 11.6 Å². The van der Waals surface area contributed by atoms with E-state index in [9.17, 15) is 9.59 Å². The number of ketones is 1. The Morgan fingerprint density at radius 2 is 1.96 bits per heavy atom. The smallest absolute Gasteiger partial charge is 0.250 e. The van der Waals surface area contributed by atoms with Crippen molar-refractivity contribution in [1.29, 1.82) is 5.26 Å². The highest BCUT2D eigenvalue weighted by Crippen LogP contribution is 2.18. The predicted octanol–water partition coefficient (Wildman–Crippen LogP) is 3.02. The van der Waals surface area contributed by atoms with Crippen LogP contribution in [-0.4, -0.2) is 16.7 Å². The van der Waals surface area contributed by atoms with Gasteiger partial charge in [0.05, 0.1) is 6.07 Å². The van der Waals surface area contributed by atoms with Gasteiger partial charge in [0.15, 0.2) is 11.7 Å². The lowest BCUT2D eigenvalue weighted by Gasteiger charge is -2.09. The monoisotopic (exact) mass is 327 g/mol. The minimum absolute atomic E-state index is 0.0671. The average molecular weight is 328 g/mol. The van der Waals surface area contributed by atoms with E-state index >= 15 is 0 Å². The molecule has 1 N–H and O–H groups in total. The van der Waals surface area contributed by atoms with Crippen molar-refractivity contribution >= 4 is 29.1 Å². The molecule has 0 aliphatic carbocycles. The van der Waals surface area contributed by atoms with Crippen molar-refractivity contribution < 1.29 is 9.59 Å². The number of benzene rings is 1. The number of rotatable bonds is 6. The molecule has 1 atom stereocenters. The first kappa shape index (κ1) is 16.7. The van der Waals surface area contributed by atoms with Gasteiger partial charge in [-0.05, 0) is 30.2 Å². The number of hydrogen-bond donors (Lipinski definition) is 1. The summed E-state index contributed by atoms with van der Waals surface area (Å²) in [4.78, 5) is 28.1. The summed E-state index contributed by atoms with van der Waals surface area (Å²) >= 11 is 6.03. The second kappa shape index (κ2) is 8.06. The van der Waals surface area contributed by atoms with E-state index < -0.39 is 17.6 Å². The lowest BCUT2D eigenvalue weighted by Crippen LogP contribution is -2.29. The van der Waals surface area contributed by atoms with E-state index in [2.05, 4.69) is 10.3 Å². The van der Waals surface area contributed by atoms with Crippen molar-refractivity contribution in [1.82, 2.24) is 4.98 Å². The van der Waals surface area contributed by atoms with Crippen LogP contribution < -0.4 is 5.32 Å². The Kier molecular flexibility index (Phi) is 5.84. The van der Waals surface area contributed by atoms with Gasteiger partial charge in [0.1, 0.15) is 5.82 Å². The highest BCUT2D eigenvalue weighted by atomic mass is 35.5. The maximum absolute atomic E-state index is 12.1. The standard InChI is InChI=1S/C17H14ClN3O2/c18-14-6-2-1-5-12(14)8-9-15(22)13(11-19)17(23)21-16-7-3-4-10-20-16/h1-7,10,13H,8-9H2,(H,20,21,23). The van der Waals surface area contributed by atoms with E-state index in [0.29, 0.717) is 17.3 Å². The Bertz CT molecular complexity index is 741. The minimum Gasteiger partial charge on any atom is -0.309 e.